The maximum Gasteiger partial charge on any atom is 0.323 e. The summed E-state index contributed by atoms with van der Waals surface area (Å²) in [5.41, 5.74) is 2.91. The number of nitrogens with zero attached hydrogens (tertiary/aromatic N) is 1. The van der Waals surface area contributed by atoms with Gasteiger partial charge in [0.25, 0.3) is 0 Å². The Morgan fingerprint density at radius 2 is 1.57 bits per heavy atom. The molecule has 0 aromatic heterocycles. The van der Waals surface area contributed by atoms with Crippen LogP contribution in [0.25, 0.3) is 0 Å². The zero-order valence-electron chi connectivity index (χ0n) is 19.4. The Morgan fingerprint density at radius 1 is 0.838 bits per heavy atom. The molecule has 0 saturated heterocycles. The van der Waals surface area contributed by atoms with Crippen LogP contribution < -0.4 is 16.0 Å². The third-order valence-electron chi connectivity index (χ3n) is 5.41. The van der Waals surface area contributed by atoms with Gasteiger partial charge in [-0.1, -0.05) is 23.7 Å². The molecule has 0 saturated carbocycles. The number of benzene rings is 4. The van der Waals surface area contributed by atoms with Gasteiger partial charge in [-0.2, -0.15) is 5.26 Å². The summed E-state index contributed by atoms with van der Waals surface area (Å²) in [4.78, 5) is 25.7. The normalized spacial score (nSPS) is 10.4. The quantitative estimate of drug-likeness (QED) is 0.232. The SMILES string of the molecule is Cc1ccc(NC(=O)Nc2cccc(C#N)c2)cc1C(=O)c1ccc(Nc2ccc(F)cc2F)cc1Cl. The van der Waals surface area contributed by atoms with Gasteiger partial charge in [-0.05, 0) is 73.2 Å². The summed E-state index contributed by atoms with van der Waals surface area (Å²) in [6.45, 7) is 1.76. The number of hydrogen-bond donors (Lipinski definition) is 3. The molecule has 0 unspecified atom stereocenters. The van der Waals surface area contributed by atoms with Crippen LogP contribution in [0.3, 0.4) is 0 Å². The molecular weight excluding hydrogens is 498 g/mol. The Kier molecular flexibility index (Phi) is 7.47. The highest BCUT2D eigenvalue weighted by Gasteiger charge is 2.17. The highest BCUT2D eigenvalue weighted by molar-refractivity contribution is 6.35. The maximum atomic E-state index is 14.0. The Hall–Kier alpha value is -4.74. The van der Waals surface area contributed by atoms with Crippen LogP contribution in [0.2, 0.25) is 5.02 Å². The molecule has 4 rings (SSSR count). The first-order chi connectivity index (χ1) is 17.7. The first-order valence-corrected chi connectivity index (χ1v) is 11.4. The largest absolute Gasteiger partial charge is 0.353 e. The van der Waals surface area contributed by atoms with Crippen molar-refractivity contribution in [3.8, 4) is 6.07 Å². The third-order valence-corrected chi connectivity index (χ3v) is 5.73. The second-order valence-corrected chi connectivity index (χ2v) is 8.48. The molecule has 3 N–H and O–H groups in total. The minimum atomic E-state index is -0.766. The van der Waals surface area contributed by atoms with Gasteiger partial charge < -0.3 is 16.0 Å². The van der Waals surface area contributed by atoms with Gasteiger partial charge in [0.2, 0.25) is 0 Å². The minimum absolute atomic E-state index is 0.0591. The van der Waals surface area contributed by atoms with Crippen molar-refractivity contribution < 1.29 is 18.4 Å². The number of carbonyl (C=O) groups is 2. The van der Waals surface area contributed by atoms with Crippen LogP contribution in [0.15, 0.2) is 78.9 Å². The average molecular weight is 517 g/mol. The summed E-state index contributed by atoms with van der Waals surface area (Å²) in [6, 6.07) is 20.5. The fraction of sp³-hybridized carbons (Fsp3) is 0.0357. The van der Waals surface area contributed by atoms with Crippen LogP contribution in [-0.4, -0.2) is 11.8 Å². The van der Waals surface area contributed by atoms with Crippen LogP contribution in [0.5, 0.6) is 0 Å². The molecule has 4 aromatic carbocycles. The summed E-state index contributed by atoms with van der Waals surface area (Å²) >= 11 is 6.38. The summed E-state index contributed by atoms with van der Waals surface area (Å²) in [7, 11) is 0. The number of hydrogen-bond acceptors (Lipinski definition) is 4. The van der Waals surface area contributed by atoms with Gasteiger partial charge in [0.05, 0.1) is 22.3 Å². The molecule has 184 valence electrons. The molecule has 0 spiro atoms. The van der Waals surface area contributed by atoms with Gasteiger partial charge in [0.1, 0.15) is 11.6 Å². The molecule has 9 heteroatoms. The summed E-state index contributed by atoms with van der Waals surface area (Å²) < 4.78 is 27.1. The smallest absolute Gasteiger partial charge is 0.323 e. The van der Waals surface area contributed by atoms with E-state index < -0.39 is 17.7 Å². The van der Waals surface area contributed by atoms with Crippen LogP contribution in [-0.2, 0) is 0 Å². The molecule has 0 aliphatic rings. The Labute approximate surface area is 216 Å². The van der Waals surface area contributed by atoms with E-state index in [0.717, 1.165) is 12.1 Å². The van der Waals surface area contributed by atoms with Gasteiger partial charge in [-0.15, -0.1) is 0 Å². The minimum Gasteiger partial charge on any atom is -0.353 e. The van der Waals surface area contributed by atoms with Crippen LogP contribution in [0.1, 0.15) is 27.0 Å². The van der Waals surface area contributed by atoms with Crippen molar-refractivity contribution in [1.82, 2.24) is 0 Å². The Balaban J connectivity index is 1.51. The Morgan fingerprint density at radius 3 is 2.27 bits per heavy atom. The summed E-state index contributed by atoms with van der Waals surface area (Å²) in [6.07, 6.45) is 0. The third kappa shape index (κ3) is 6.10. The first-order valence-electron chi connectivity index (χ1n) is 11.0. The van der Waals surface area contributed by atoms with Gasteiger partial charge in [0.15, 0.2) is 5.78 Å². The number of rotatable bonds is 6. The van der Waals surface area contributed by atoms with Crippen molar-refractivity contribution in [1.29, 1.82) is 5.26 Å². The Bertz CT molecular complexity index is 1570. The average Bonchev–Trinajstić information content (AvgIpc) is 2.86. The number of amides is 2. The molecule has 0 radical (unpaired) electrons. The van der Waals surface area contributed by atoms with E-state index in [2.05, 4.69) is 16.0 Å². The van der Waals surface area contributed by atoms with Gasteiger partial charge in [-0.25, -0.2) is 13.6 Å². The van der Waals surface area contributed by atoms with E-state index in [1.165, 1.54) is 24.3 Å². The lowest BCUT2D eigenvalue weighted by Gasteiger charge is -2.13. The topological polar surface area (TPSA) is 94.0 Å². The number of urea groups is 1. The predicted molar refractivity (Wildman–Crippen MR) is 140 cm³/mol. The number of ketones is 1. The molecule has 0 heterocycles. The van der Waals surface area contributed by atoms with E-state index in [9.17, 15) is 18.4 Å². The zero-order chi connectivity index (χ0) is 26.5. The molecule has 0 fully saturated rings. The lowest BCUT2D eigenvalue weighted by atomic mass is 9.98. The van der Waals surface area contributed by atoms with E-state index in [1.807, 2.05) is 6.07 Å². The molecule has 0 bridgehead atoms. The lowest BCUT2D eigenvalue weighted by Crippen LogP contribution is -2.19. The van der Waals surface area contributed by atoms with Gasteiger partial charge in [-0.3, -0.25) is 4.79 Å². The first kappa shape index (κ1) is 25.4. The highest BCUT2D eigenvalue weighted by Crippen LogP contribution is 2.28. The highest BCUT2D eigenvalue weighted by atomic mass is 35.5. The van der Waals surface area contributed by atoms with Crippen LogP contribution in [0.4, 0.5) is 36.3 Å². The fourth-order valence-corrected chi connectivity index (χ4v) is 3.84. The van der Waals surface area contributed by atoms with E-state index >= 15 is 0 Å². The van der Waals surface area contributed by atoms with E-state index in [-0.39, 0.29) is 22.1 Å². The molecule has 6 nitrogen and oxygen atoms in total. The second-order valence-electron chi connectivity index (χ2n) is 8.07. The second kappa shape index (κ2) is 10.9. The number of anilines is 4. The van der Waals surface area contributed by atoms with Crippen molar-refractivity contribution in [2.45, 2.75) is 6.92 Å². The standard InChI is InChI=1S/C28H19ClF2N4O2/c1-16-5-7-20(35-28(37)34-19-4-2-3-17(11-19)15-32)13-23(16)27(36)22-9-8-21(14-24(22)29)33-26-10-6-18(30)12-25(26)31/h2-14,33H,1H3,(H2,34,35,37). The van der Waals surface area contributed by atoms with Crippen LogP contribution >= 0.6 is 11.6 Å². The molecule has 0 aliphatic carbocycles. The van der Waals surface area contributed by atoms with E-state index in [0.29, 0.717) is 33.8 Å². The van der Waals surface area contributed by atoms with Crippen molar-refractivity contribution in [3.05, 3.63) is 118 Å². The van der Waals surface area contributed by atoms with Crippen molar-refractivity contribution in [2.24, 2.45) is 0 Å². The number of aryl methyl sites for hydroxylation is 1. The molecule has 0 atom stereocenters. The maximum absolute atomic E-state index is 14.0. The zero-order valence-corrected chi connectivity index (χ0v) is 20.2. The van der Waals surface area contributed by atoms with Crippen molar-refractivity contribution >= 4 is 46.2 Å². The van der Waals surface area contributed by atoms with Crippen molar-refractivity contribution in [3.63, 3.8) is 0 Å². The lowest BCUT2D eigenvalue weighted by molar-refractivity contribution is 0.103. The number of nitriles is 1. The van der Waals surface area contributed by atoms with Gasteiger partial charge in [0, 0.05) is 34.3 Å². The fourth-order valence-electron chi connectivity index (χ4n) is 3.57. The molecular formula is C28H19ClF2N4O2. The molecule has 0 aliphatic heterocycles. The molecule has 37 heavy (non-hydrogen) atoms. The van der Waals surface area contributed by atoms with Crippen molar-refractivity contribution in [2.75, 3.05) is 16.0 Å². The number of carbonyl (C=O) groups excluding carboxylic acids is 2. The van der Waals surface area contributed by atoms with E-state index in [1.54, 1.807) is 49.4 Å². The predicted octanol–water partition coefficient (Wildman–Crippen LogP) is 7.42. The van der Waals surface area contributed by atoms with Gasteiger partial charge >= 0.3 is 6.03 Å². The molecule has 4 aromatic rings. The monoisotopic (exact) mass is 516 g/mol. The summed E-state index contributed by atoms with van der Waals surface area (Å²) in [5, 5.41) is 17.3. The number of halogens is 3. The number of nitrogens with one attached hydrogen (secondary N) is 3. The van der Waals surface area contributed by atoms with Crippen LogP contribution in [0, 0.1) is 29.9 Å². The molecule has 2 amide bonds. The summed E-state index contributed by atoms with van der Waals surface area (Å²) in [5.74, 6) is -1.83. The van der Waals surface area contributed by atoms with E-state index in [4.69, 9.17) is 16.9 Å².